The van der Waals surface area contributed by atoms with E-state index < -0.39 is 5.97 Å². The number of carbonyl (C=O) groups is 2. The summed E-state index contributed by atoms with van der Waals surface area (Å²) in [5.74, 6) is -1.05. The number of carboxylic acids is 1. The summed E-state index contributed by atoms with van der Waals surface area (Å²) in [6, 6.07) is 7.38. The number of anilines is 1. The van der Waals surface area contributed by atoms with E-state index in [-0.39, 0.29) is 18.0 Å². The first-order chi connectivity index (χ1) is 10.1. The number of pyridine rings is 1. The van der Waals surface area contributed by atoms with Crippen LogP contribution in [0.1, 0.15) is 10.4 Å². The zero-order valence-corrected chi connectivity index (χ0v) is 11.6. The molecule has 1 aromatic heterocycles. The summed E-state index contributed by atoms with van der Waals surface area (Å²) in [5, 5.41) is 10.2. The molecule has 0 aliphatic carbocycles. The van der Waals surface area contributed by atoms with Crippen LogP contribution in [0.3, 0.4) is 0 Å². The highest BCUT2D eigenvalue weighted by atomic mass is 16.4. The van der Waals surface area contributed by atoms with Gasteiger partial charge in [0.2, 0.25) is 5.91 Å². The third-order valence-electron chi connectivity index (χ3n) is 3.75. The van der Waals surface area contributed by atoms with Gasteiger partial charge in [-0.3, -0.25) is 9.78 Å². The van der Waals surface area contributed by atoms with Gasteiger partial charge < -0.3 is 14.9 Å². The van der Waals surface area contributed by atoms with Gasteiger partial charge in [0.05, 0.1) is 17.7 Å². The van der Waals surface area contributed by atoms with E-state index in [9.17, 15) is 14.7 Å². The zero-order valence-electron chi connectivity index (χ0n) is 11.6. The smallest absolute Gasteiger partial charge is 0.339 e. The highest BCUT2D eigenvalue weighted by Gasteiger charge is 2.26. The van der Waals surface area contributed by atoms with Crippen LogP contribution in [0.15, 0.2) is 30.5 Å². The lowest BCUT2D eigenvalue weighted by molar-refractivity contribution is -0.129. The third kappa shape index (κ3) is 2.29. The van der Waals surface area contributed by atoms with Crippen LogP contribution in [0.2, 0.25) is 0 Å². The van der Waals surface area contributed by atoms with Crippen LogP contribution < -0.4 is 4.90 Å². The average Bonchev–Trinajstić information content (AvgIpc) is 2.49. The predicted octanol–water partition coefficient (Wildman–Crippen LogP) is 1.21. The molecule has 3 rings (SSSR count). The topological polar surface area (TPSA) is 73.7 Å². The molecule has 108 valence electrons. The van der Waals surface area contributed by atoms with E-state index >= 15 is 0 Å². The van der Waals surface area contributed by atoms with Gasteiger partial charge in [-0.15, -0.1) is 0 Å². The van der Waals surface area contributed by atoms with Crippen LogP contribution in [-0.4, -0.2) is 53.5 Å². The van der Waals surface area contributed by atoms with Crippen molar-refractivity contribution >= 4 is 28.5 Å². The molecule has 1 fully saturated rings. The molecule has 0 radical (unpaired) electrons. The molecule has 0 unspecified atom stereocenters. The van der Waals surface area contributed by atoms with Crippen LogP contribution in [-0.2, 0) is 4.79 Å². The van der Waals surface area contributed by atoms with Gasteiger partial charge in [0, 0.05) is 31.7 Å². The van der Waals surface area contributed by atoms with Gasteiger partial charge >= 0.3 is 5.97 Å². The second-order valence-corrected chi connectivity index (χ2v) is 5.08. The first kappa shape index (κ1) is 13.4. The SMILES string of the molecule is CN1CCN(c2c(C(=O)O)cnc3ccccc23)CC1=O. The molecule has 1 amide bonds. The lowest BCUT2D eigenvalue weighted by atomic mass is 10.1. The molecule has 6 nitrogen and oxygen atoms in total. The molecule has 0 spiro atoms. The fourth-order valence-corrected chi connectivity index (χ4v) is 2.57. The summed E-state index contributed by atoms with van der Waals surface area (Å²) in [5.41, 5.74) is 1.43. The molecule has 0 saturated carbocycles. The van der Waals surface area contributed by atoms with Crippen LogP contribution >= 0.6 is 0 Å². The molecule has 21 heavy (non-hydrogen) atoms. The lowest BCUT2D eigenvalue weighted by Crippen LogP contribution is -2.49. The fourth-order valence-electron chi connectivity index (χ4n) is 2.57. The number of hydrogen-bond donors (Lipinski definition) is 1. The molecule has 1 aliphatic rings. The summed E-state index contributed by atoms with van der Waals surface area (Å²) in [7, 11) is 1.75. The number of aromatic carboxylic acids is 1. The quantitative estimate of drug-likeness (QED) is 0.898. The van der Waals surface area contributed by atoms with Gasteiger partial charge in [0.15, 0.2) is 0 Å². The first-order valence-electron chi connectivity index (χ1n) is 6.68. The number of piperazine rings is 1. The Balaban J connectivity index is 2.17. The van der Waals surface area contributed by atoms with Crippen molar-refractivity contribution in [3.8, 4) is 0 Å². The molecule has 0 atom stereocenters. The normalized spacial score (nSPS) is 15.6. The van der Waals surface area contributed by atoms with E-state index in [1.54, 1.807) is 11.9 Å². The number of aromatic nitrogens is 1. The summed E-state index contributed by atoms with van der Waals surface area (Å²) in [6.45, 7) is 1.37. The van der Waals surface area contributed by atoms with Crippen molar-refractivity contribution in [2.24, 2.45) is 0 Å². The number of carboxylic acid groups (broad SMARTS) is 1. The van der Waals surface area contributed by atoms with Gasteiger partial charge in [-0.05, 0) is 6.07 Å². The Labute approximate surface area is 121 Å². The maximum atomic E-state index is 11.9. The second kappa shape index (κ2) is 5.05. The molecule has 1 aliphatic heterocycles. The van der Waals surface area contributed by atoms with Crippen molar-refractivity contribution in [1.82, 2.24) is 9.88 Å². The zero-order chi connectivity index (χ0) is 15.0. The van der Waals surface area contributed by atoms with Crippen molar-refractivity contribution in [3.05, 3.63) is 36.0 Å². The van der Waals surface area contributed by atoms with E-state index in [4.69, 9.17) is 0 Å². The number of hydrogen-bond acceptors (Lipinski definition) is 4. The van der Waals surface area contributed by atoms with Gasteiger partial charge in [-0.25, -0.2) is 4.79 Å². The third-order valence-corrected chi connectivity index (χ3v) is 3.75. The Morgan fingerprint density at radius 2 is 2.05 bits per heavy atom. The summed E-state index contributed by atoms with van der Waals surface area (Å²) in [6.07, 6.45) is 1.36. The fraction of sp³-hybridized carbons (Fsp3) is 0.267. The minimum atomic E-state index is -1.03. The lowest BCUT2D eigenvalue weighted by Gasteiger charge is -2.34. The summed E-state index contributed by atoms with van der Waals surface area (Å²) < 4.78 is 0. The minimum absolute atomic E-state index is 0.0153. The Kier molecular flexibility index (Phi) is 3.21. The number of nitrogens with zero attached hydrogens (tertiary/aromatic N) is 3. The Bertz CT molecular complexity index is 729. The summed E-state index contributed by atoms with van der Waals surface area (Å²) >= 11 is 0. The van der Waals surface area contributed by atoms with E-state index in [0.717, 1.165) is 10.9 Å². The van der Waals surface area contributed by atoms with Crippen LogP contribution in [0.5, 0.6) is 0 Å². The molecule has 0 bridgehead atoms. The van der Waals surface area contributed by atoms with Crippen molar-refractivity contribution in [3.63, 3.8) is 0 Å². The van der Waals surface area contributed by atoms with Crippen molar-refractivity contribution in [2.75, 3.05) is 31.6 Å². The number of fused-ring (bicyclic) bond motifs is 1. The van der Waals surface area contributed by atoms with Gasteiger partial charge in [-0.1, -0.05) is 18.2 Å². The maximum Gasteiger partial charge on any atom is 0.339 e. The minimum Gasteiger partial charge on any atom is -0.478 e. The highest BCUT2D eigenvalue weighted by Crippen LogP contribution is 2.30. The number of benzene rings is 1. The average molecular weight is 285 g/mol. The number of likely N-dealkylation sites (N-methyl/N-ethyl adjacent to an activating group) is 1. The number of carbonyl (C=O) groups excluding carboxylic acids is 1. The molecule has 2 aromatic rings. The van der Waals surface area contributed by atoms with Gasteiger partial charge in [0.25, 0.3) is 0 Å². The van der Waals surface area contributed by atoms with Crippen LogP contribution in [0.4, 0.5) is 5.69 Å². The predicted molar refractivity (Wildman–Crippen MR) is 78.6 cm³/mol. The molecule has 2 heterocycles. The van der Waals surface area contributed by atoms with Gasteiger partial charge in [-0.2, -0.15) is 0 Å². The highest BCUT2D eigenvalue weighted by molar-refractivity contribution is 6.05. The Morgan fingerprint density at radius 1 is 1.29 bits per heavy atom. The van der Waals surface area contributed by atoms with E-state index in [2.05, 4.69) is 4.98 Å². The van der Waals surface area contributed by atoms with Crippen molar-refractivity contribution < 1.29 is 14.7 Å². The largest absolute Gasteiger partial charge is 0.478 e. The van der Waals surface area contributed by atoms with E-state index in [1.165, 1.54) is 6.20 Å². The van der Waals surface area contributed by atoms with Crippen LogP contribution in [0.25, 0.3) is 10.9 Å². The van der Waals surface area contributed by atoms with E-state index in [1.807, 2.05) is 29.2 Å². The number of rotatable bonds is 2. The molecule has 1 aromatic carbocycles. The summed E-state index contributed by atoms with van der Waals surface area (Å²) in [4.78, 5) is 31.1. The molecular formula is C15H15N3O3. The molecule has 1 saturated heterocycles. The Morgan fingerprint density at radius 3 is 2.76 bits per heavy atom. The maximum absolute atomic E-state index is 11.9. The first-order valence-corrected chi connectivity index (χ1v) is 6.68. The van der Waals surface area contributed by atoms with Crippen molar-refractivity contribution in [1.29, 1.82) is 0 Å². The number of para-hydroxylation sites is 1. The second-order valence-electron chi connectivity index (χ2n) is 5.08. The molecule has 6 heteroatoms. The van der Waals surface area contributed by atoms with E-state index in [0.29, 0.717) is 18.8 Å². The van der Waals surface area contributed by atoms with Crippen LogP contribution in [0, 0.1) is 0 Å². The Hall–Kier alpha value is -2.63. The molecular weight excluding hydrogens is 270 g/mol. The standard InChI is InChI=1S/C15H15N3O3/c1-17-6-7-18(9-13(17)19)14-10-4-2-3-5-12(10)16-8-11(14)15(20)21/h2-5,8H,6-7,9H2,1H3,(H,20,21). The molecule has 1 N–H and O–H groups in total. The van der Waals surface area contributed by atoms with Crippen molar-refractivity contribution in [2.45, 2.75) is 0 Å². The monoisotopic (exact) mass is 285 g/mol. The van der Waals surface area contributed by atoms with Gasteiger partial charge in [0.1, 0.15) is 5.56 Å². The number of amides is 1.